The molecule has 0 radical (unpaired) electrons. The summed E-state index contributed by atoms with van der Waals surface area (Å²) < 4.78 is 13.1. The predicted molar refractivity (Wildman–Crippen MR) is 124 cm³/mol. The van der Waals surface area contributed by atoms with Crippen LogP contribution < -0.4 is 9.47 Å². The van der Waals surface area contributed by atoms with Crippen molar-refractivity contribution in [2.75, 3.05) is 19.8 Å². The standard InChI is InChI=1S/C26H25N3O5/c1-17-3-5-18(6-4-17)23-22(24(30)19-7-8-20-21(15-19)34-14-13-33-20)25(31)26(32)29(23)11-2-10-28-12-9-27-16-28/h3-9,12,15-16,23,30H,2,10-11,13-14H2,1H3/t23-/m0/s1. The maximum absolute atomic E-state index is 13.2. The topological polar surface area (TPSA) is 93.9 Å². The van der Waals surface area contributed by atoms with Gasteiger partial charge in [-0.3, -0.25) is 9.59 Å². The predicted octanol–water partition coefficient (Wildman–Crippen LogP) is 3.47. The summed E-state index contributed by atoms with van der Waals surface area (Å²) >= 11 is 0. The molecule has 174 valence electrons. The van der Waals surface area contributed by atoms with E-state index in [1.807, 2.05) is 42.0 Å². The number of aromatic nitrogens is 2. The van der Waals surface area contributed by atoms with Gasteiger partial charge in [-0.05, 0) is 37.1 Å². The van der Waals surface area contributed by atoms with Crippen molar-refractivity contribution in [3.8, 4) is 11.5 Å². The van der Waals surface area contributed by atoms with E-state index in [4.69, 9.17) is 9.47 Å². The van der Waals surface area contributed by atoms with Gasteiger partial charge in [0.15, 0.2) is 11.5 Å². The number of fused-ring (bicyclic) bond motifs is 1. The number of Topliss-reactive ketones (excluding diaryl/α,β-unsaturated/α-hetero) is 1. The molecular formula is C26H25N3O5. The molecule has 0 bridgehead atoms. The normalized spacial score (nSPS) is 19.0. The summed E-state index contributed by atoms with van der Waals surface area (Å²) in [5.74, 6) is -0.455. The van der Waals surface area contributed by atoms with Crippen molar-refractivity contribution in [2.45, 2.75) is 25.9 Å². The number of aryl methyl sites for hydroxylation is 2. The Kier molecular flexibility index (Phi) is 5.79. The zero-order valence-corrected chi connectivity index (χ0v) is 18.8. The molecule has 8 heteroatoms. The van der Waals surface area contributed by atoms with Crippen LogP contribution in [0.15, 0.2) is 66.8 Å². The summed E-state index contributed by atoms with van der Waals surface area (Å²) in [5.41, 5.74) is 2.31. The first-order valence-corrected chi connectivity index (χ1v) is 11.2. The van der Waals surface area contributed by atoms with Gasteiger partial charge in [0, 0.05) is 31.0 Å². The number of carbonyl (C=O) groups excluding carboxylic acids is 2. The molecule has 1 aromatic heterocycles. The summed E-state index contributed by atoms with van der Waals surface area (Å²) in [7, 11) is 0. The van der Waals surface area contributed by atoms with Gasteiger partial charge >= 0.3 is 0 Å². The average molecular weight is 460 g/mol. The van der Waals surface area contributed by atoms with Gasteiger partial charge in [0.2, 0.25) is 0 Å². The molecule has 0 saturated carbocycles. The second kappa shape index (κ2) is 9.05. The van der Waals surface area contributed by atoms with Crippen LogP contribution in [-0.4, -0.2) is 51.0 Å². The van der Waals surface area contributed by atoms with Crippen molar-refractivity contribution in [3.63, 3.8) is 0 Å². The smallest absolute Gasteiger partial charge is 0.295 e. The number of aliphatic hydroxyl groups excluding tert-OH is 1. The zero-order valence-electron chi connectivity index (χ0n) is 18.8. The van der Waals surface area contributed by atoms with Crippen molar-refractivity contribution in [1.29, 1.82) is 0 Å². The molecule has 0 aliphatic carbocycles. The third kappa shape index (κ3) is 4.03. The molecule has 1 atom stereocenters. The van der Waals surface area contributed by atoms with Crippen LogP contribution in [0.4, 0.5) is 0 Å². The summed E-state index contributed by atoms with van der Waals surface area (Å²) in [6, 6.07) is 12.0. The van der Waals surface area contributed by atoms with E-state index in [9.17, 15) is 14.7 Å². The Balaban J connectivity index is 1.53. The van der Waals surface area contributed by atoms with Crippen molar-refractivity contribution in [1.82, 2.24) is 14.5 Å². The largest absolute Gasteiger partial charge is 0.507 e. The second-order valence-corrected chi connectivity index (χ2v) is 8.42. The number of hydrogen-bond donors (Lipinski definition) is 1. The first-order chi connectivity index (χ1) is 16.5. The number of rotatable bonds is 6. The van der Waals surface area contributed by atoms with Crippen LogP contribution in [0.2, 0.25) is 0 Å². The van der Waals surface area contributed by atoms with Crippen LogP contribution in [0.1, 0.15) is 29.2 Å². The molecule has 1 N–H and O–H groups in total. The molecule has 3 heterocycles. The van der Waals surface area contributed by atoms with Gasteiger partial charge in [0.05, 0.1) is 17.9 Å². The van der Waals surface area contributed by atoms with E-state index < -0.39 is 17.7 Å². The number of hydrogen-bond acceptors (Lipinski definition) is 6. The number of imidazole rings is 1. The van der Waals surface area contributed by atoms with Crippen LogP contribution in [0.25, 0.3) is 5.76 Å². The van der Waals surface area contributed by atoms with Crippen molar-refractivity contribution < 1.29 is 24.2 Å². The lowest BCUT2D eigenvalue weighted by atomic mass is 9.94. The zero-order chi connectivity index (χ0) is 23.7. The van der Waals surface area contributed by atoms with E-state index in [-0.39, 0.29) is 11.3 Å². The highest BCUT2D eigenvalue weighted by Crippen LogP contribution is 2.41. The first-order valence-electron chi connectivity index (χ1n) is 11.2. The van der Waals surface area contributed by atoms with Crippen molar-refractivity contribution in [2.24, 2.45) is 0 Å². The number of likely N-dealkylation sites (tertiary alicyclic amines) is 1. The minimum absolute atomic E-state index is 0.0770. The fourth-order valence-electron chi connectivity index (χ4n) is 4.39. The van der Waals surface area contributed by atoms with Crippen LogP contribution in [-0.2, 0) is 16.1 Å². The number of nitrogens with zero attached hydrogens (tertiary/aromatic N) is 3. The fraction of sp³-hybridized carbons (Fsp3) is 0.269. The van der Waals surface area contributed by atoms with Gasteiger partial charge < -0.3 is 24.0 Å². The van der Waals surface area contributed by atoms with Crippen LogP contribution in [0.3, 0.4) is 0 Å². The lowest BCUT2D eigenvalue weighted by Crippen LogP contribution is -2.31. The van der Waals surface area contributed by atoms with Gasteiger partial charge in [-0.25, -0.2) is 4.98 Å². The SMILES string of the molecule is Cc1ccc([C@H]2C(=C(O)c3ccc4c(c3)OCCO4)C(=O)C(=O)N2CCCn2ccnc2)cc1. The molecule has 0 spiro atoms. The van der Waals surface area contributed by atoms with Gasteiger partial charge in [0.25, 0.3) is 11.7 Å². The first kappa shape index (κ1) is 21.8. The van der Waals surface area contributed by atoms with Crippen molar-refractivity contribution in [3.05, 3.63) is 83.4 Å². The maximum Gasteiger partial charge on any atom is 0.295 e. The average Bonchev–Trinajstić information content (AvgIpc) is 3.46. The Hall–Kier alpha value is -4.07. The third-order valence-electron chi connectivity index (χ3n) is 6.12. The lowest BCUT2D eigenvalue weighted by molar-refractivity contribution is -0.139. The van der Waals surface area contributed by atoms with Crippen LogP contribution in [0.5, 0.6) is 11.5 Å². The fourth-order valence-corrected chi connectivity index (χ4v) is 4.39. The molecule has 34 heavy (non-hydrogen) atoms. The van der Waals surface area contributed by atoms with Crippen LogP contribution >= 0.6 is 0 Å². The Morgan fingerprint density at radius 3 is 2.56 bits per heavy atom. The quantitative estimate of drug-likeness (QED) is 0.345. The number of ketones is 1. The molecule has 1 fully saturated rings. The Morgan fingerprint density at radius 1 is 1.06 bits per heavy atom. The van der Waals surface area contributed by atoms with E-state index in [2.05, 4.69) is 4.98 Å². The number of aliphatic hydroxyl groups is 1. The number of benzene rings is 2. The lowest BCUT2D eigenvalue weighted by Gasteiger charge is -2.25. The Morgan fingerprint density at radius 2 is 1.82 bits per heavy atom. The van der Waals surface area contributed by atoms with E-state index in [0.29, 0.717) is 49.8 Å². The second-order valence-electron chi connectivity index (χ2n) is 8.42. The molecule has 8 nitrogen and oxygen atoms in total. The molecule has 2 aliphatic rings. The number of amides is 1. The number of carbonyl (C=O) groups is 2. The van der Waals surface area contributed by atoms with E-state index in [0.717, 1.165) is 11.1 Å². The third-order valence-corrected chi connectivity index (χ3v) is 6.12. The van der Waals surface area contributed by atoms with E-state index >= 15 is 0 Å². The number of ether oxygens (including phenoxy) is 2. The highest BCUT2D eigenvalue weighted by atomic mass is 16.6. The summed E-state index contributed by atoms with van der Waals surface area (Å²) in [6.07, 6.45) is 5.91. The molecule has 0 unspecified atom stereocenters. The molecule has 2 aliphatic heterocycles. The summed E-state index contributed by atoms with van der Waals surface area (Å²) in [5, 5.41) is 11.3. The highest BCUT2D eigenvalue weighted by molar-refractivity contribution is 6.46. The Labute approximate surface area is 197 Å². The highest BCUT2D eigenvalue weighted by Gasteiger charge is 2.45. The molecular weight excluding hydrogens is 434 g/mol. The minimum Gasteiger partial charge on any atom is -0.507 e. The van der Waals surface area contributed by atoms with E-state index in [1.165, 1.54) is 0 Å². The van der Waals surface area contributed by atoms with Gasteiger partial charge in [0.1, 0.15) is 19.0 Å². The molecule has 2 aromatic carbocycles. The summed E-state index contributed by atoms with van der Waals surface area (Å²) in [6.45, 7) is 3.85. The minimum atomic E-state index is -0.694. The van der Waals surface area contributed by atoms with Gasteiger partial charge in [-0.15, -0.1) is 0 Å². The molecule has 1 amide bonds. The molecule has 5 rings (SSSR count). The van der Waals surface area contributed by atoms with Gasteiger partial charge in [-0.2, -0.15) is 0 Å². The van der Waals surface area contributed by atoms with Crippen LogP contribution in [0, 0.1) is 6.92 Å². The molecule has 1 saturated heterocycles. The summed E-state index contributed by atoms with van der Waals surface area (Å²) in [4.78, 5) is 31.9. The Bertz CT molecular complexity index is 1250. The molecule has 3 aromatic rings. The monoisotopic (exact) mass is 459 g/mol. The van der Waals surface area contributed by atoms with E-state index in [1.54, 1.807) is 35.6 Å². The van der Waals surface area contributed by atoms with Crippen molar-refractivity contribution >= 4 is 17.4 Å². The van der Waals surface area contributed by atoms with Gasteiger partial charge in [-0.1, -0.05) is 29.8 Å². The maximum atomic E-state index is 13.2.